The SMILES string of the molecule is O=C(c1cc(-c2cccnc2)on1)N1CCC(Cn2nc(C3CC3)ccc2=O)CC1. The topological polar surface area (TPSA) is 94.1 Å². The molecule has 4 heterocycles. The first-order valence-corrected chi connectivity index (χ1v) is 10.4. The van der Waals surface area contributed by atoms with E-state index >= 15 is 0 Å². The molecule has 1 saturated carbocycles. The maximum absolute atomic E-state index is 12.8. The molecule has 1 amide bonds. The van der Waals surface area contributed by atoms with Gasteiger partial charge in [-0.15, -0.1) is 0 Å². The Labute approximate surface area is 173 Å². The van der Waals surface area contributed by atoms with Crippen LogP contribution in [-0.2, 0) is 6.54 Å². The highest BCUT2D eigenvalue weighted by atomic mass is 16.5. The van der Waals surface area contributed by atoms with E-state index in [1.165, 1.54) is 0 Å². The van der Waals surface area contributed by atoms with E-state index in [1.54, 1.807) is 34.1 Å². The van der Waals surface area contributed by atoms with Crippen molar-refractivity contribution in [3.63, 3.8) is 0 Å². The quantitative estimate of drug-likeness (QED) is 0.648. The molecule has 0 spiro atoms. The van der Waals surface area contributed by atoms with Crippen LogP contribution in [0.3, 0.4) is 0 Å². The van der Waals surface area contributed by atoms with Crippen LogP contribution in [-0.4, -0.2) is 43.8 Å². The van der Waals surface area contributed by atoms with E-state index in [2.05, 4.69) is 15.2 Å². The number of aromatic nitrogens is 4. The number of nitrogens with zero attached hydrogens (tertiary/aromatic N) is 5. The van der Waals surface area contributed by atoms with Gasteiger partial charge in [-0.3, -0.25) is 14.6 Å². The number of likely N-dealkylation sites (tertiary alicyclic amines) is 1. The van der Waals surface area contributed by atoms with E-state index in [4.69, 9.17) is 4.52 Å². The standard InChI is InChI=1S/C22H23N5O3/c28-21-6-5-18(16-3-4-16)24-27(21)14-15-7-10-26(11-8-15)22(29)19-12-20(30-25-19)17-2-1-9-23-13-17/h1-2,5-6,9,12-13,15-16H,3-4,7-8,10-11,14H2. The van der Waals surface area contributed by atoms with Gasteiger partial charge in [0.15, 0.2) is 11.5 Å². The number of pyridine rings is 1. The number of carbonyl (C=O) groups is 1. The van der Waals surface area contributed by atoms with Gasteiger partial charge >= 0.3 is 0 Å². The maximum Gasteiger partial charge on any atom is 0.276 e. The van der Waals surface area contributed by atoms with Crippen LogP contribution in [0.1, 0.15) is 47.8 Å². The van der Waals surface area contributed by atoms with Crippen LogP contribution in [0.4, 0.5) is 0 Å². The molecule has 1 aliphatic carbocycles. The molecule has 8 heteroatoms. The van der Waals surface area contributed by atoms with Crippen molar-refractivity contribution in [2.24, 2.45) is 5.92 Å². The van der Waals surface area contributed by atoms with E-state index in [1.807, 2.05) is 18.2 Å². The summed E-state index contributed by atoms with van der Waals surface area (Å²) in [5.41, 5.74) is 2.07. The third-order valence-corrected chi connectivity index (χ3v) is 5.89. The van der Waals surface area contributed by atoms with Crippen molar-refractivity contribution in [3.8, 4) is 11.3 Å². The molecule has 0 radical (unpaired) electrons. The zero-order chi connectivity index (χ0) is 20.5. The maximum atomic E-state index is 12.8. The van der Waals surface area contributed by atoms with E-state index in [9.17, 15) is 9.59 Å². The molecule has 8 nitrogen and oxygen atoms in total. The third-order valence-electron chi connectivity index (χ3n) is 5.89. The number of piperidine rings is 1. The number of carbonyl (C=O) groups excluding carboxylic acids is 1. The summed E-state index contributed by atoms with van der Waals surface area (Å²) < 4.78 is 6.93. The highest BCUT2D eigenvalue weighted by Crippen LogP contribution is 2.38. The van der Waals surface area contributed by atoms with E-state index in [0.29, 0.717) is 42.9 Å². The van der Waals surface area contributed by atoms with Gasteiger partial charge in [0.1, 0.15) is 0 Å². The summed E-state index contributed by atoms with van der Waals surface area (Å²) in [6.07, 6.45) is 7.35. The van der Waals surface area contributed by atoms with Crippen LogP contribution in [0.5, 0.6) is 0 Å². The Morgan fingerprint density at radius 3 is 2.70 bits per heavy atom. The van der Waals surface area contributed by atoms with Gasteiger partial charge in [0.05, 0.1) is 5.69 Å². The molecule has 1 aliphatic heterocycles. The predicted molar refractivity (Wildman–Crippen MR) is 109 cm³/mol. The van der Waals surface area contributed by atoms with Gasteiger partial charge in [0.2, 0.25) is 0 Å². The molecule has 2 fully saturated rings. The van der Waals surface area contributed by atoms with Crippen LogP contribution < -0.4 is 5.56 Å². The van der Waals surface area contributed by atoms with Gasteiger partial charge in [-0.2, -0.15) is 5.10 Å². The molecule has 0 bridgehead atoms. The molecule has 0 unspecified atom stereocenters. The minimum Gasteiger partial charge on any atom is -0.355 e. The summed E-state index contributed by atoms with van der Waals surface area (Å²) in [5.74, 6) is 1.26. The van der Waals surface area contributed by atoms with Gasteiger partial charge < -0.3 is 9.42 Å². The zero-order valence-electron chi connectivity index (χ0n) is 16.6. The van der Waals surface area contributed by atoms with Crippen molar-refractivity contribution in [1.82, 2.24) is 24.8 Å². The highest BCUT2D eigenvalue weighted by Gasteiger charge is 2.28. The van der Waals surface area contributed by atoms with E-state index in [0.717, 1.165) is 36.9 Å². The molecule has 3 aromatic rings. The molecule has 0 N–H and O–H groups in total. The second-order valence-electron chi connectivity index (χ2n) is 8.11. The second kappa shape index (κ2) is 7.85. The first kappa shape index (κ1) is 18.7. The monoisotopic (exact) mass is 405 g/mol. The van der Waals surface area contributed by atoms with Gasteiger partial charge in [0, 0.05) is 55.6 Å². The minimum atomic E-state index is -0.127. The Kier molecular flexibility index (Phi) is 4.90. The normalized spacial score (nSPS) is 17.3. The van der Waals surface area contributed by atoms with Gasteiger partial charge in [-0.25, -0.2) is 4.68 Å². The van der Waals surface area contributed by atoms with Crippen molar-refractivity contribution in [2.75, 3.05) is 13.1 Å². The van der Waals surface area contributed by atoms with Gasteiger partial charge in [-0.05, 0) is 49.8 Å². The molecule has 154 valence electrons. The summed E-state index contributed by atoms with van der Waals surface area (Å²) in [4.78, 5) is 30.9. The van der Waals surface area contributed by atoms with Gasteiger partial charge in [-0.1, -0.05) is 5.16 Å². The van der Waals surface area contributed by atoms with Crippen LogP contribution in [0.15, 0.2) is 52.0 Å². The molecular weight excluding hydrogens is 382 g/mol. The molecule has 0 aromatic carbocycles. The molecule has 3 aromatic heterocycles. The molecule has 5 rings (SSSR count). The first-order chi connectivity index (χ1) is 14.7. The van der Waals surface area contributed by atoms with E-state index < -0.39 is 0 Å². The molecule has 1 saturated heterocycles. The van der Waals surface area contributed by atoms with Crippen LogP contribution in [0, 0.1) is 5.92 Å². The van der Waals surface area contributed by atoms with Crippen molar-refractivity contribution < 1.29 is 9.32 Å². The Morgan fingerprint density at radius 1 is 1.13 bits per heavy atom. The predicted octanol–water partition coefficient (Wildman–Crippen LogP) is 2.72. The molecular formula is C22H23N5O3. The summed E-state index contributed by atoms with van der Waals surface area (Å²) in [6.45, 7) is 1.88. The van der Waals surface area contributed by atoms with Gasteiger partial charge in [0.25, 0.3) is 11.5 Å². The lowest BCUT2D eigenvalue weighted by atomic mass is 9.96. The smallest absolute Gasteiger partial charge is 0.276 e. The summed E-state index contributed by atoms with van der Waals surface area (Å²) >= 11 is 0. The zero-order valence-corrected chi connectivity index (χ0v) is 16.6. The average Bonchev–Trinajstić information content (AvgIpc) is 3.52. The van der Waals surface area contributed by atoms with Crippen molar-refractivity contribution in [3.05, 3.63) is 64.5 Å². The number of hydrogen-bond donors (Lipinski definition) is 0. The molecule has 0 atom stereocenters. The lowest BCUT2D eigenvalue weighted by molar-refractivity contribution is 0.0670. The van der Waals surface area contributed by atoms with Crippen molar-refractivity contribution >= 4 is 5.91 Å². The number of amides is 1. The summed E-state index contributed by atoms with van der Waals surface area (Å²) in [7, 11) is 0. The third kappa shape index (κ3) is 3.90. The fourth-order valence-corrected chi connectivity index (χ4v) is 3.94. The van der Waals surface area contributed by atoms with E-state index in [-0.39, 0.29) is 11.5 Å². The number of rotatable bonds is 5. The lowest BCUT2D eigenvalue weighted by Crippen LogP contribution is -2.40. The fourth-order valence-electron chi connectivity index (χ4n) is 3.94. The number of hydrogen-bond acceptors (Lipinski definition) is 6. The van der Waals surface area contributed by atoms with Crippen LogP contribution >= 0.6 is 0 Å². The average molecular weight is 405 g/mol. The minimum absolute atomic E-state index is 0.0524. The summed E-state index contributed by atoms with van der Waals surface area (Å²) in [6, 6.07) is 8.82. The van der Waals surface area contributed by atoms with Crippen LogP contribution in [0.2, 0.25) is 0 Å². The van der Waals surface area contributed by atoms with Crippen molar-refractivity contribution in [2.45, 2.75) is 38.1 Å². The Hall–Kier alpha value is -3.29. The molecule has 30 heavy (non-hydrogen) atoms. The highest BCUT2D eigenvalue weighted by molar-refractivity contribution is 5.93. The molecule has 2 aliphatic rings. The largest absolute Gasteiger partial charge is 0.355 e. The fraction of sp³-hybridized carbons (Fsp3) is 0.409. The Morgan fingerprint density at radius 2 is 1.97 bits per heavy atom. The Bertz CT molecular complexity index is 1100. The lowest BCUT2D eigenvalue weighted by Gasteiger charge is -2.31. The first-order valence-electron chi connectivity index (χ1n) is 10.4. The Balaban J connectivity index is 1.20. The summed E-state index contributed by atoms with van der Waals surface area (Å²) in [5, 5.41) is 8.51. The van der Waals surface area contributed by atoms with Crippen molar-refractivity contribution in [1.29, 1.82) is 0 Å². The van der Waals surface area contributed by atoms with Crippen LogP contribution in [0.25, 0.3) is 11.3 Å². The second-order valence-corrected chi connectivity index (χ2v) is 8.11.